The molecule has 19 heavy (non-hydrogen) atoms. The molecule has 0 aliphatic carbocycles. The van der Waals surface area contributed by atoms with Gasteiger partial charge in [0.15, 0.2) is 0 Å². The second-order valence-electron chi connectivity index (χ2n) is 5.15. The molecular weight excluding hydrogens is 244 g/mol. The standard InChI is InChI=1S/C14H30N2O3/c1-15-5-3-9-17-10-4-6-16(2)8-12-19-14-13-18-11-7-15/h3-14H2,1-2H3. The van der Waals surface area contributed by atoms with E-state index in [4.69, 9.17) is 14.2 Å². The van der Waals surface area contributed by atoms with Crippen LogP contribution in [0, 0.1) is 0 Å². The van der Waals surface area contributed by atoms with Gasteiger partial charge in [-0.25, -0.2) is 0 Å². The Morgan fingerprint density at radius 1 is 0.526 bits per heavy atom. The molecule has 0 unspecified atom stereocenters. The molecule has 0 N–H and O–H groups in total. The summed E-state index contributed by atoms with van der Waals surface area (Å²) >= 11 is 0. The molecule has 0 aromatic carbocycles. The molecule has 1 heterocycles. The highest BCUT2D eigenvalue weighted by atomic mass is 16.5. The molecule has 114 valence electrons. The normalized spacial score (nSPS) is 24.9. The third kappa shape index (κ3) is 10.3. The maximum absolute atomic E-state index is 5.64. The Morgan fingerprint density at radius 2 is 0.947 bits per heavy atom. The van der Waals surface area contributed by atoms with Crippen molar-refractivity contribution in [2.45, 2.75) is 12.8 Å². The zero-order valence-electron chi connectivity index (χ0n) is 12.6. The fraction of sp³-hybridized carbons (Fsp3) is 1.00. The predicted molar refractivity (Wildman–Crippen MR) is 76.7 cm³/mol. The summed E-state index contributed by atoms with van der Waals surface area (Å²) in [6.45, 7) is 8.75. The Kier molecular flexibility index (Phi) is 10.3. The van der Waals surface area contributed by atoms with Crippen molar-refractivity contribution in [2.75, 3.05) is 79.9 Å². The summed E-state index contributed by atoms with van der Waals surface area (Å²) in [6.07, 6.45) is 2.19. The maximum atomic E-state index is 5.64. The van der Waals surface area contributed by atoms with E-state index in [-0.39, 0.29) is 0 Å². The van der Waals surface area contributed by atoms with Crippen LogP contribution in [0.3, 0.4) is 0 Å². The van der Waals surface area contributed by atoms with Crippen molar-refractivity contribution in [2.24, 2.45) is 0 Å². The van der Waals surface area contributed by atoms with E-state index in [1.54, 1.807) is 0 Å². The smallest absolute Gasteiger partial charge is 0.0701 e. The highest BCUT2D eigenvalue weighted by Gasteiger charge is 2.01. The lowest BCUT2D eigenvalue weighted by atomic mass is 10.4. The van der Waals surface area contributed by atoms with Gasteiger partial charge in [0, 0.05) is 39.4 Å². The second kappa shape index (κ2) is 11.6. The lowest BCUT2D eigenvalue weighted by molar-refractivity contribution is 0.0351. The molecule has 5 nitrogen and oxygen atoms in total. The Balaban J connectivity index is 2.17. The molecule has 0 aromatic rings. The molecule has 0 atom stereocenters. The van der Waals surface area contributed by atoms with E-state index in [9.17, 15) is 0 Å². The monoisotopic (exact) mass is 274 g/mol. The molecule has 1 fully saturated rings. The summed E-state index contributed by atoms with van der Waals surface area (Å²) in [7, 11) is 4.26. The van der Waals surface area contributed by atoms with Gasteiger partial charge in [0.25, 0.3) is 0 Å². The number of ether oxygens (including phenoxy) is 3. The largest absolute Gasteiger partial charge is 0.381 e. The molecule has 0 amide bonds. The topological polar surface area (TPSA) is 34.2 Å². The molecule has 5 heteroatoms. The number of rotatable bonds is 0. The summed E-state index contributed by atoms with van der Waals surface area (Å²) in [6, 6.07) is 0. The van der Waals surface area contributed by atoms with E-state index >= 15 is 0 Å². The van der Waals surface area contributed by atoms with Gasteiger partial charge in [-0.1, -0.05) is 0 Å². The van der Waals surface area contributed by atoms with Crippen molar-refractivity contribution in [3.05, 3.63) is 0 Å². The summed E-state index contributed by atoms with van der Waals surface area (Å²) in [5.41, 5.74) is 0. The molecule has 0 saturated carbocycles. The fourth-order valence-electron chi connectivity index (χ4n) is 1.96. The minimum absolute atomic E-state index is 0.695. The molecule has 0 spiro atoms. The quantitative estimate of drug-likeness (QED) is 0.649. The zero-order chi connectivity index (χ0) is 13.8. The van der Waals surface area contributed by atoms with E-state index in [1.165, 1.54) is 0 Å². The van der Waals surface area contributed by atoms with Gasteiger partial charge >= 0.3 is 0 Å². The van der Waals surface area contributed by atoms with Gasteiger partial charge in [-0.3, -0.25) is 0 Å². The summed E-state index contributed by atoms with van der Waals surface area (Å²) in [5, 5.41) is 0. The average Bonchev–Trinajstić information content (AvgIpc) is 2.40. The van der Waals surface area contributed by atoms with Crippen LogP contribution in [0.25, 0.3) is 0 Å². The van der Waals surface area contributed by atoms with Gasteiger partial charge in [-0.15, -0.1) is 0 Å². The number of likely N-dealkylation sites (N-methyl/N-ethyl adjacent to an activating group) is 2. The first-order valence-corrected chi connectivity index (χ1v) is 7.39. The minimum atomic E-state index is 0.695. The molecule has 1 rings (SSSR count). The van der Waals surface area contributed by atoms with E-state index < -0.39 is 0 Å². The van der Waals surface area contributed by atoms with Crippen LogP contribution in [-0.2, 0) is 14.2 Å². The Labute approximate surface area is 117 Å². The molecule has 0 radical (unpaired) electrons. The van der Waals surface area contributed by atoms with Gasteiger partial charge in [0.05, 0.1) is 26.4 Å². The average molecular weight is 274 g/mol. The third-order valence-corrected chi connectivity index (χ3v) is 3.26. The van der Waals surface area contributed by atoms with Gasteiger partial charge < -0.3 is 24.0 Å². The van der Waals surface area contributed by atoms with Gasteiger partial charge in [-0.2, -0.15) is 0 Å². The zero-order valence-corrected chi connectivity index (χ0v) is 12.6. The summed E-state index contributed by atoms with van der Waals surface area (Å²) in [4.78, 5) is 4.58. The molecular formula is C14H30N2O3. The molecule has 1 aliphatic rings. The first-order valence-electron chi connectivity index (χ1n) is 7.39. The Morgan fingerprint density at radius 3 is 1.42 bits per heavy atom. The van der Waals surface area contributed by atoms with Gasteiger partial charge in [0.1, 0.15) is 0 Å². The van der Waals surface area contributed by atoms with Crippen molar-refractivity contribution in [1.82, 2.24) is 9.80 Å². The molecule has 0 aromatic heterocycles. The van der Waals surface area contributed by atoms with Crippen molar-refractivity contribution in [3.63, 3.8) is 0 Å². The van der Waals surface area contributed by atoms with E-state index in [2.05, 4.69) is 23.9 Å². The first-order chi connectivity index (χ1) is 9.29. The highest BCUT2D eigenvalue weighted by molar-refractivity contribution is 4.53. The van der Waals surface area contributed by atoms with Crippen LogP contribution in [0.15, 0.2) is 0 Å². The van der Waals surface area contributed by atoms with Crippen LogP contribution < -0.4 is 0 Å². The highest BCUT2D eigenvalue weighted by Crippen LogP contribution is 1.94. The lowest BCUT2D eigenvalue weighted by Gasteiger charge is -2.16. The van der Waals surface area contributed by atoms with Crippen LogP contribution in [0.2, 0.25) is 0 Å². The minimum Gasteiger partial charge on any atom is -0.381 e. The Hall–Kier alpha value is -0.200. The Bertz CT molecular complexity index is 185. The van der Waals surface area contributed by atoms with Crippen LogP contribution in [0.4, 0.5) is 0 Å². The SMILES string of the molecule is CN1CCCOCCCN(C)CCOCCOCC1. The number of hydrogen-bond donors (Lipinski definition) is 0. The van der Waals surface area contributed by atoms with Gasteiger partial charge in [-0.05, 0) is 26.9 Å². The summed E-state index contributed by atoms with van der Waals surface area (Å²) in [5.74, 6) is 0. The van der Waals surface area contributed by atoms with E-state index in [0.29, 0.717) is 13.2 Å². The van der Waals surface area contributed by atoms with Crippen LogP contribution in [0.5, 0.6) is 0 Å². The van der Waals surface area contributed by atoms with Crippen LogP contribution >= 0.6 is 0 Å². The number of nitrogens with zero attached hydrogens (tertiary/aromatic N) is 2. The molecule has 1 saturated heterocycles. The van der Waals surface area contributed by atoms with Crippen molar-refractivity contribution in [1.29, 1.82) is 0 Å². The lowest BCUT2D eigenvalue weighted by Crippen LogP contribution is -2.26. The predicted octanol–water partition coefficient (Wildman–Crippen LogP) is 0.694. The van der Waals surface area contributed by atoms with Crippen LogP contribution in [0.1, 0.15) is 12.8 Å². The van der Waals surface area contributed by atoms with Crippen LogP contribution in [-0.4, -0.2) is 89.7 Å². The van der Waals surface area contributed by atoms with Crippen molar-refractivity contribution in [3.8, 4) is 0 Å². The maximum Gasteiger partial charge on any atom is 0.0701 e. The number of hydrogen-bond acceptors (Lipinski definition) is 5. The van der Waals surface area contributed by atoms with Crippen molar-refractivity contribution >= 4 is 0 Å². The van der Waals surface area contributed by atoms with E-state index in [0.717, 1.165) is 65.4 Å². The van der Waals surface area contributed by atoms with Gasteiger partial charge in [0.2, 0.25) is 0 Å². The van der Waals surface area contributed by atoms with E-state index in [1.807, 2.05) is 0 Å². The third-order valence-electron chi connectivity index (χ3n) is 3.26. The second-order valence-corrected chi connectivity index (χ2v) is 5.15. The molecule has 0 bridgehead atoms. The van der Waals surface area contributed by atoms with Crippen molar-refractivity contribution < 1.29 is 14.2 Å². The first kappa shape index (κ1) is 16.9. The fourth-order valence-corrected chi connectivity index (χ4v) is 1.96. The summed E-state index contributed by atoms with van der Waals surface area (Å²) < 4.78 is 16.7. The molecule has 1 aliphatic heterocycles.